The van der Waals surface area contributed by atoms with Crippen molar-refractivity contribution >= 4 is 6.03 Å². The molecule has 0 bridgehead atoms. The first-order chi connectivity index (χ1) is 6.29. The third-order valence-corrected chi connectivity index (χ3v) is 1.38. The minimum absolute atomic E-state index is 0.503. The van der Waals surface area contributed by atoms with Gasteiger partial charge in [-0.05, 0) is 0 Å². The molecule has 0 saturated heterocycles. The van der Waals surface area contributed by atoms with Gasteiger partial charge in [0.05, 0.1) is 12.7 Å². The van der Waals surface area contributed by atoms with Gasteiger partial charge in [0, 0.05) is 13.1 Å². The Balaban J connectivity index is 1.99. The Morgan fingerprint density at radius 2 is 2.46 bits per heavy atom. The lowest BCUT2D eigenvalue weighted by atomic mass is 10.5. The van der Waals surface area contributed by atoms with Gasteiger partial charge in [0.25, 0.3) is 0 Å². The zero-order valence-electron chi connectivity index (χ0n) is 7.12. The van der Waals surface area contributed by atoms with Gasteiger partial charge in [-0.25, -0.2) is 9.78 Å². The number of aromatic nitrogens is 1. The van der Waals surface area contributed by atoms with Crippen LogP contribution < -0.4 is 16.4 Å². The Morgan fingerprint density at radius 3 is 3.08 bits per heavy atom. The minimum Gasteiger partial charge on any atom is -0.447 e. The molecule has 4 N–H and O–H groups in total. The second-order valence-electron chi connectivity index (χ2n) is 2.44. The summed E-state index contributed by atoms with van der Waals surface area (Å²) in [4.78, 5) is 14.0. The number of amides is 2. The number of rotatable bonds is 5. The smallest absolute Gasteiger partial charge is 0.312 e. The average Bonchev–Trinajstić information content (AvgIpc) is 2.55. The second-order valence-corrected chi connectivity index (χ2v) is 2.44. The first kappa shape index (κ1) is 9.53. The maximum Gasteiger partial charge on any atom is 0.312 e. The maximum atomic E-state index is 10.2. The summed E-state index contributed by atoms with van der Waals surface area (Å²) >= 11 is 0. The van der Waals surface area contributed by atoms with E-state index in [0.29, 0.717) is 19.6 Å². The van der Waals surface area contributed by atoms with Crippen LogP contribution in [0, 0.1) is 0 Å². The van der Waals surface area contributed by atoms with E-state index >= 15 is 0 Å². The monoisotopic (exact) mass is 184 g/mol. The zero-order valence-corrected chi connectivity index (χ0v) is 7.12. The van der Waals surface area contributed by atoms with E-state index in [1.54, 1.807) is 6.20 Å². The third kappa shape index (κ3) is 4.12. The summed E-state index contributed by atoms with van der Waals surface area (Å²) in [5.41, 5.74) is 4.86. The molecule has 13 heavy (non-hydrogen) atoms. The molecule has 0 radical (unpaired) electrons. The van der Waals surface area contributed by atoms with Crippen molar-refractivity contribution in [3.63, 3.8) is 0 Å². The molecule has 1 aromatic rings. The molecule has 0 saturated carbocycles. The van der Waals surface area contributed by atoms with Crippen molar-refractivity contribution in [2.45, 2.75) is 6.54 Å². The fourth-order valence-corrected chi connectivity index (χ4v) is 0.815. The summed E-state index contributed by atoms with van der Waals surface area (Å²) in [5, 5.41) is 5.49. The van der Waals surface area contributed by atoms with E-state index in [9.17, 15) is 4.79 Å². The van der Waals surface area contributed by atoms with Crippen LogP contribution in [0.5, 0.6) is 0 Å². The highest BCUT2D eigenvalue weighted by molar-refractivity contribution is 5.71. The summed E-state index contributed by atoms with van der Waals surface area (Å²) < 4.78 is 4.98. The summed E-state index contributed by atoms with van der Waals surface area (Å²) in [6.45, 7) is 1.74. The molecule has 0 fully saturated rings. The van der Waals surface area contributed by atoms with Gasteiger partial charge in [0.1, 0.15) is 5.76 Å². The van der Waals surface area contributed by atoms with Crippen molar-refractivity contribution in [2.75, 3.05) is 13.1 Å². The summed E-state index contributed by atoms with van der Waals surface area (Å²) in [5.74, 6) is 0.763. The molecule has 72 valence electrons. The van der Waals surface area contributed by atoms with Gasteiger partial charge in [0.2, 0.25) is 0 Å². The third-order valence-electron chi connectivity index (χ3n) is 1.38. The first-order valence-electron chi connectivity index (χ1n) is 3.90. The van der Waals surface area contributed by atoms with E-state index in [2.05, 4.69) is 15.6 Å². The molecular formula is C7H12N4O2. The van der Waals surface area contributed by atoms with Gasteiger partial charge >= 0.3 is 6.03 Å². The number of urea groups is 1. The molecule has 0 spiro atoms. The minimum atomic E-state index is -0.513. The van der Waals surface area contributed by atoms with E-state index in [-0.39, 0.29) is 0 Å². The molecule has 1 aromatic heterocycles. The van der Waals surface area contributed by atoms with Crippen LogP contribution in [-0.2, 0) is 6.54 Å². The van der Waals surface area contributed by atoms with Gasteiger partial charge in [-0.15, -0.1) is 0 Å². The molecule has 0 aliphatic heterocycles. The molecular weight excluding hydrogens is 172 g/mol. The average molecular weight is 184 g/mol. The number of nitrogens with two attached hydrogens (primary N) is 1. The van der Waals surface area contributed by atoms with Gasteiger partial charge in [0.15, 0.2) is 6.39 Å². The Hall–Kier alpha value is -1.56. The largest absolute Gasteiger partial charge is 0.447 e. The fourth-order valence-electron chi connectivity index (χ4n) is 0.815. The van der Waals surface area contributed by atoms with Crippen LogP contribution in [0.3, 0.4) is 0 Å². The predicted molar refractivity (Wildman–Crippen MR) is 45.8 cm³/mol. The first-order valence-corrected chi connectivity index (χ1v) is 3.90. The van der Waals surface area contributed by atoms with Crippen LogP contribution in [0.25, 0.3) is 0 Å². The molecule has 0 unspecified atom stereocenters. The molecule has 6 heteroatoms. The van der Waals surface area contributed by atoms with Crippen LogP contribution in [-0.4, -0.2) is 24.1 Å². The summed E-state index contributed by atoms with van der Waals surface area (Å²) in [6.07, 6.45) is 3.01. The molecule has 2 amide bonds. The number of carbonyl (C=O) groups excluding carboxylic acids is 1. The Kier molecular flexibility index (Phi) is 3.77. The van der Waals surface area contributed by atoms with Crippen molar-refractivity contribution in [1.29, 1.82) is 0 Å². The Labute approximate surface area is 75.5 Å². The summed E-state index contributed by atoms with van der Waals surface area (Å²) in [7, 11) is 0. The van der Waals surface area contributed by atoms with Crippen LogP contribution in [0.15, 0.2) is 17.0 Å². The predicted octanol–water partition coefficient (Wildman–Crippen LogP) is -0.567. The summed E-state index contributed by atoms with van der Waals surface area (Å²) in [6, 6.07) is -0.513. The fraction of sp³-hybridized carbons (Fsp3) is 0.429. The number of oxazole rings is 1. The topological polar surface area (TPSA) is 93.2 Å². The van der Waals surface area contributed by atoms with Crippen molar-refractivity contribution in [1.82, 2.24) is 15.6 Å². The maximum absolute atomic E-state index is 10.2. The lowest BCUT2D eigenvalue weighted by molar-refractivity contribution is 0.249. The number of nitrogens with zero attached hydrogens (tertiary/aromatic N) is 1. The molecule has 0 aromatic carbocycles. The van der Waals surface area contributed by atoms with Gasteiger partial charge in [-0.1, -0.05) is 0 Å². The number of carbonyl (C=O) groups is 1. The van der Waals surface area contributed by atoms with Crippen molar-refractivity contribution in [2.24, 2.45) is 5.73 Å². The second kappa shape index (κ2) is 5.15. The highest BCUT2D eigenvalue weighted by atomic mass is 16.3. The van der Waals surface area contributed by atoms with Gasteiger partial charge in [-0.3, -0.25) is 0 Å². The van der Waals surface area contributed by atoms with Gasteiger partial charge < -0.3 is 20.8 Å². The normalized spacial score (nSPS) is 9.85. The molecule has 0 atom stereocenters. The van der Waals surface area contributed by atoms with E-state index in [1.165, 1.54) is 6.39 Å². The van der Waals surface area contributed by atoms with Crippen molar-refractivity contribution in [3.05, 3.63) is 18.4 Å². The number of primary amides is 1. The standard InChI is InChI=1S/C7H12N4O2/c8-7(12)11-2-1-9-3-6-4-10-5-13-6/h4-5,9H,1-3H2,(H3,8,11,12). The van der Waals surface area contributed by atoms with Crippen molar-refractivity contribution in [3.8, 4) is 0 Å². The van der Waals surface area contributed by atoms with Gasteiger partial charge in [-0.2, -0.15) is 0 Å². The highest BCUT2D eigenvalue weighted by Crippen LogP contribution is 1.93. The zero-order chi connectivity index (χ0) is 9.52. The molecule has 1 rings (SSSR count). The van der Waals surface area contributed by atoms with Crippen LogP contribution in [0.1, 0.15) is 5.76 Å². The molecule has 6 nitrogen and oxygen atoms in total. The van der Waals surface area contributed by atoms with Crippen LogP contribution in [0.4, 0.5) is 4.79 Å². The van der Waals surface area contributed by atoms with E-state index in [1.807, 2.05) is 0 Å². The molecule has 0 aliphatic carbocycles. The number of nitrogens with one attached hydrogen (secondary N) is 2. The Bertz CT molecular complexity index is 247. The van der Waals surface area contributed by atoms with E-state index < -0.39 is 6.03 Å². The van der Waals surface area contributed by atoms with E-state index in [4.69, 9.17) is 10.2 Å². The Morgan fingerprint density at radius 1 is 1.62 bits per heavy atom. The quantitative estimate of drug-likeness (QED) is 0.534. The lowest BCUT2D eigenvalue weighted by Crippen LogP contribution is -2.35. The highest BCUT2D eigenvalue weighted by Gasteiger charge is 1.95. The molecule has 0 aliphatic rings. The lowest BCUT2D eigenvalue weighted by Gasteiger charge is -2.02. The SMILES string of the molecule is NC(=O)NCCNCc1cnco1. The molecule has 1 heterocycles. The van der Waals surface area contributed by atoms with Crippen LogP contribution >= 0.6 is 0 Å². The number of hydrogen-bond donors (Lipinski definition) is 3. The number of hydrogen-bond acceptors (Lipinski definition) is 4. The van der Waals surface area contributed by atoms with Crippen LogP contribution in [0.2, 0.25) is 0 Å². The van der Waals surface area contributed by atoms with Crippen molar-refractivity contribution < 1.29 is 9.21 Å². The van der Waals surface area contributed by atoms with E-state index in [0.717, 1.165) is 5.76 Å².